The van der Waals surface area contributed by atoms with Gasteiger partial charge in [-0.25, -0.2) is 14.9 Å². The SMILES string of the molecule is CCCN(OCCNC(=O)O)C(=O)C1=Cc2ccc(-c3nn[nH]n3)cc2N=C(N)C1. The van der Waals surface area contributed by atoms with Gasteiger partial charge in [0.2, 0.25) is 5.82 Å². The number of hydrogen-bond acceptors (Lipinski definition) is 8. The molecule has 2 heterocycles. The number of carbonyl (C=O) groups excluding carboxylic acids is 1. The van der Waals surface area contributed by atoms with E-state index in [0.29, 0.717) is 35.6 Å². The lowest BCUT2D eigenvalue weighted by atomic mass is 10.0. The van der Waals surface area contributed by atoms with Crippen LogP contribution in [0.2, 0.25) is 0 Å². The summed E-state index contributed by atoms with van der Waals surface area (Å²) < 4.78 is 0. The van der Waals surface area contributed by atoms with Crippen LogP contribution in [-0.2, 0) is 9.63 Å². The summed E-state index contributed by atoms with van der Waals surface area (Å²) >= 11 is 0. The lowest BCUT2D eigenvalue weighted by molar-refractivity contribution is -0.181. The third kappa shape index (κ3) is 5.17. The van der Waals surface area contributed by atoms with Gasteiger partial charge in [0.1, 0.15) is 5.84 Å². The number of H-pyrrole nitrogens is 1. The Labute approximate surface area is 171 Å². The van der Waals surface area contributed by atoms with Crippen LogP contribution >= 0.6 is 0 Å². The largest absolute Gasteiger partial charge is 0.465 e. The predicted octanol–water partition coefficient (Wildman–Crippen LogP) is 1.08. The summed E-state index contributed by atoms with van der Waals surface area (Å²) in [6.45, 7) is 2.35. The van der Waals surface area contributed by atoms with Crippen molar-refractivity contribution in [3.63, 3.8) is 0 Å². The van der Waals surface area contributed by atoms with Gasteiger partial charge in [-0.2, -0.15) is 5.21 Å². The Morgan fingerprint density at radius 1 is 1.40 bits per heavy atom. The number of amides is 2. The number of aromatic amines is 1. The molecule has 1 aromatic carbocycles. The molecule has 1 aliphatic rings. The zero-order valence-electron chi connectivity index (χ0n) is 16.3. The lowest BCUT2D eigenvalue weighted by Crippen LogP contribution is -2.36. The number of carboxylic acid groups (broad SMARTS) is 1. The molecule has 0 saturated carbocycles. The minimum atomic E-state index is -1.15. The van der Waals surface area contributed by atoms with Crippen LogP contribution in [0.5, 0.6) is 0 Å². The number of fused-ring (bicyclic) bond motifs is 1. The Morgan fingerprint density at radius 3 is 2.93 bits per heavy atom. The highest BCUT2D eigenvalue weighted by Gasteiger charge is 2.22. The number of hydroxylamine groups is 2. The molecule has 1 aromatic heterocycles. The molecule has 0 atom stereocenters. The number of aromatic nitrogens is 4. The number of benzene rings is 1. The normalized spacial score (nSPS) is 13.0. The van der Waals surface area contributed by atoms with Crippen LogP contribution in [0.4, 0.5) is 10.5 Å². The van der Waals surface area contributed by atoms with Gasteiger partial charge in [0.15, 0.2) is 0 Å². The summed E-state index contributed by atoms with van der Waals surface area (Å²) in [5.41, 5.74) is 8.49. The molecule has 2 amide bonds. The van der Waals surface area contributed by atoms with Crippen molar-refractivity contribution in [1.82, 2.24) is 31.0 Å². The molecule has 0 radical (unpaired) electrons. The fraction of sp³-hybridized carbons (Fsp3) is 0.333. The summed E-state index contributed by atoms with van der Waals surface area (Å²) in [4.78, 5) is 33.5. The van der Waals surface area contributed by atoms with Gasteiger partial charge in [0, 0.05) is 36.2 Å². The Morgan fingerprint density at radius 2 is 2.23 bits per heavy atom. The van der Waals surface area contributed by atoms with Crippen LogP contribution in [-0.4, -0.2) is 68.3 Å². The predicted molar refractivity (Wildman–Crippen MR) is 107 cm³/mol. The molecule has 1 aliphatic heterocycles. The number of nitrogens with two attached hydrogens (primary N) is 1. The fourth-order valence-corrected chi connectivity index (χ4v) is 2.85. The van der Waals surface area contributed by atoms with Gasteiger partial charge in [0.05, 0.1) is 12.3 Å². The number of hydrogen-bond donors (Lipinski definition) is 4. The van der Waals surface area contributed by atoms with Gasteiger partial charge in [0.25, 0.3) is 5.91 Å². The Kier molecular flexibility index (Phi) is 6.70. The van der Waals surface area contributed by atoms with Crippen molar-refractivity contribution in [3.8, 4) is 11.4 Å². The van der Waals surface area contributed by atoms with Crippen molar-refractivity contribution in [3.05, 3.63) is 29.3 Å². The molecule has 12 heteroatoms. The van der Waals surface area contributed by atoms with Crippen LogP contribution in [0, 0.1) is 0 Å². The molecule has 2 aromatic rings. The van der Waals surface area contributed by atoms with E-state index in [1.165, 1.54) is 5.06 Å². The van der Waals surface area contributed by atoms with Gasteiger partial charge in [-0.05, 0) is 23.8 Å². The van der Waals surface area contributed by atoms with Crippen LogP contribution in [0.1, 0.15) is 25.3 Å². The molecule has 0 unspecified atom stereocenters. The Bertz CT molecular complexity index is 971. The molecule has 0 aliphatic carbocycles. The fourth-order valence-electron chi connectivity index (χ4n) is 2.85. The number of amidine groups is 1. The van der Waals surface area contributed by atoms with Crippen LogP contribution in [0.3, 0.4) is 0 Å². The van der Waals surface area contributed by atoms with Gasteiger partial charge in [-0.1, -0.05) is 19.1 Å². The maximum atomic E-state index is 13.0. The maximum absolute atomic E-state index is 13.0. The van der Waals surface area contributed by atoms with Crippen molar-refractivity contribution in [2.45, 2.75) is 19.8 Å². The summed E-state index contributed by atoms with van der Waals surface area (Å²) in [6, 6.07) is 5.38. The summed E-state index contributed by atoms with van der Waals surface area (Å²) in [5.74, 6) is 0.358. The molecule has 5 N–H and O–H groups in total. The first-order valence-electron chi connectivity index (χ1n) is 9.31. The van der Waals surface area contributed by atoms with Crippen LogP contribution < -0.4 is 11.1 Å². The van der Waals surface area contributed by atoms with Crippen molar-refractivity contribution in [2.75, 3.05) is 19.7 Å². The molecule has 30 heavy (non-hydrogen) atoms. The number of rotatable bonds is 8. The minimum absolute atomic E-state index is 0.0273. The monoisotopic (exact) mass is 414 g/mol. The smallest absolute Gasteiger partial charge is 0.404 e. The number of tetrazole rings is 1. The molecule has 0 bridgehead atoms. The highest BCUT2D eigenvalue weighted by molar-refractivity contribution is 6.05. The highest BCUT2D eigenvalue weighted by atomic mass is 16.7. The number of aliphatic imine (C=N–C) groups is 1. The third-order valence-electron chi connectivity index (χ3n) is 4.15. The van der Waals surface area contributed by atoms with E-state index in [1.807, 2.05) is 6.92 Å². The van der Waals surface area contributed by atoms with Crippen molar-refractivity contribution in [2.24, 2.45) is 10.7 Å². The van der Waals surface area contributed by atoms with E-state index in [9.17, 15) is 9.59 Å². The molecule has 12 nitrogen and oxygen atoms in total. The third-order valence-corrected chi connectivity index (χ3v) is 4.15. The number of nitrogens with zero attached hydrogens (tertiary/aromatic N) is 5. The highest BCUT2D eigenvalue weighted by Crippen LogP contribution is 2.30. The first kappa shape index (κ1) is 20.9. The van der Waals surface area contributed by atoms with Gasteiger partial charge >= 0.3 is 6.09 Å². The van der Waals surface area contributed by atoms with E-state index in [1.54, 1.807) is 24.3 Å². The van der Waals surface area contributed by atoms with E-state index in [2.05, 4.69) is 30.9 Å². The maximum Gasteiger partial charge on any atom is 0.404 e. The van der Waals surface area contributed by atoms with E-state index in [0.717, 1.165) is 5.56 Å². The van der Waals surface area contributed by atoms with Crippen molar-refractivity contribution >= 4 is 29.6 Å². The molecule has 0 fully saturated rings. The average Bonchev–Trinajstić information content (AvgIpc) is 3.19. The first-order valence-corrected chi connectivity index (χ1v) is 9.31. The number of nitrogens with one attached hydrogen (secondary N) is 2. The molecule has 158 valence electrons. The van der Waals surface area contributed by atoms with Crippen molar-refractivity contribution in [1.29, 1.82) is 0 Å². The first-order chi connectivity index (χ1) is 14.5. The quantitative estimate of drug-likeness (QED) is 0.367. The van der Waals surface area contributed by atoms with Crippen molar-refractivity contribution < 1.29 is 19.5 Å². The standard InChI is InChI=1S/C18H22N8O4/c1-2-6-26(30-7-5-20-18(28)29)17(27)13-8-11-3-4-12(16-22-24-25-23-16)9-14(11)21-15(19)10-13/h3-4,8-9,20H,2,5-7,10H2,1H3,(H2,19,21)(H,28,29)(H,22,23,24,25). The van der Waals surface area contributed by atoms with E-state index in [-0.39, 0.29) is 31.3 Å². The van der Waals surface area contributed by atoms with Gasteiger partial charge in [-0.3, -0.25) is 9.63 Å². The topological polar surface area (TPSA) is 172 Å². The Balaban J connectivity index is 1.81. The minimum Gasteiger partial charge on any atom is -0.465 e. The van der Waals surface area contributed by atoms with Gasteiger partial charge < -0.3 is 16.2 Å². The summed E-state index contributed by atoms with van der Waals surface area (Å²) in [7, 11) is 0. The average molecular weight is 414 g/mol. The molecule has 0 saturated heterocycles. The van der Waals surface area contributed by atoms with Gasteiger partial charge in [-0.15, -0.1) is 10.2 Å². The molecular formula is C18H22N8O4. The van der Waals surface area contributed by atoms with E-state index in [4.69, 9.17) is 15.7 Å². The second kappa shape index (κ2) is 9.60. The van der Waals surface area contributed by atoms with Crippen LogP contribution in [0.15, 0.2) is 28.8 Å². The van der Waals surface area contributed by atoms with E-state index >= 15 is 0 Å². The lowest BCUT2D eigenvalue weighted by Gasteiger charge is -2.22. The Hall–Kier alpha value is -3.80. The molecule has 3 rings (SSSR count). The second-order valence-electron chi connectivity index (χ2n) is 6.43. The summed E-state index contributed by atoms with van der Waals surface area (Å²) in [5, 5.41) is 25.9. The zero-order chi connectivity index (χ0) is 21.5. The summed E-state index contributed by atoms with van der Waals surface area (Å²) in [6.07, 6.45) is 1.39. The molecule has 0 spiro atoms. The van der Waals surface area contributed by atoms with Crippen LogP contribution in [0.25, 0.3) is 17.5 Å². The van der Waals surface area contributed by atoms with E-state index < -0.39 is 6.09 Å². The molecular weight excluding hydrogens is 392 g/mol. The second-order valence-corrected chi connectivity index (χ2v) is 6.43. The number of carbonyl (C=O) groups is 2. The zero-order valence-corrected chi connectivity index (χ0v) is 16.3.